The Balaban J connectivity index is 2.11. The second kappa shape index (κ2) is 7.42. The topological polar surface area (TPSA) is 73.6 Å². The number of aromatic nitrogens is 2. The highest BCUT2D eigenvalue weighted by molar-refractivity contribution is 5.86. The molecule has 2 N–H and O–H groups in total. The summed E-state index contributed by atoms with van der Waals surface area (Å²) in [6.07, 6.45) is 4.40. The van der Waals surface area contributed by atoms with Crippen molar-refractivity contribution in [3.63, 3.8) is 0 Å². The van der Waals surface area contributed by atoms with E-state index in [-0.39, 0.29) is 0 Å². The van der Waals surface area contributed by atoms with Crippen LogP contribution in [0.5, 0.6) is 0 Å². The van der Waals surface area contributed by atoms with Gasteiger partial charge in [-0.3, -0.25) is 9.30 Å². The number of nitrogens with two attached hydrogens (primary N) is 1. The Morgan fingerprint density at radius 1 is 1.32 bits per heavy atom. The van der Waals surface area contributed by atoms with Gasteiger partial charge >= 0.3 is 0 Å². The summed E-state index contributed by atoms with van der Waals surface area (Å²) in [7, 11) is 4.28. The Kier molecular flexibility index (Phi) is 4.96. The minimum Gasteiger partial charge on any atom is -0.342 e. The highest BCUT2D eigenvalue weighted by Gasteiger charge is 2.32. The van der Waals surface area contributed by atoms with E-state index < -0.39 is 0 Å². The highest BCUT2D eigenvalue weighted by Crippen LogP contribution is 2.37. The van der Waals surface area contributed by atoms with Gasteiger partial charge in [0.15, 0.2) is 5.65 Å². The van der Waals surface area contributed by atoms with Gasteiger partial charge in [0.1, 0.15) is 11.9 Å². The van der Waals surface area contributed by atoms with Crippen LogP contribution in [0.4, 0.5) is 5.82 Å². The van der Waals surface area contributed by atoms with Gasteiger partial charge in [-0.25, -0.2) is 4.98 Å². The minimum atomic E-state index is 0.341. The van der Waals surface area contributed by atoms with E-state index in [1.807, 2.05) is 18.2 Å². The van der Waals surface area contributed by atoms with Gasteiger partial charge in [-0.15, -0.1) is 0 Å². The lowest BCUT2D eigenvalue weighted by Gasteiger charge is -2.34. The van der Waals surface area contributed by atoms with Crippen LogP contribution in [-0.4, -0.2) is 47.6 Å². The number of fused-ring (bicyclic) bond motifs is 3. The molecule has 0 radical (unpaired) electrons. The van der Waals surface area contributed by atoms with E-state index in [0.29, 0.717) is 18.3 Å². The molecule has 28 heavy (non-hydrogen) atoms. The van der Waals surface area contributed by atoms with Crippen molar-refractivity contribution in [3.8, 4) is 6.07 Å². The molecule has 1 aromatic carbocycles. The summed E-state index contributed by atoms with van der Waals surface area (Å²) in [6.45, 7) is 3.71. The maximum absolute atomic E-state index is 9.94. The number of anilines is 1. The molecule has 1 aliphatic rings. The zero-order valence-corrected chi connectivity index (χ0v) is 16.9. The minimum absolute atomic E-state index is 0.341. The standard InChI is InChI=1S/C22H28N6/c1-15-16(8-6-12-23)22(27-13-7-11-20(27)26(2)3)28-19-10-5-4-9-18(19)25-21(28)17(15)14-24/h4-5,9-10,20H,6-8,11-13,23H2,1-3H3. The van der Waals surface area contributed by atoms with E-state index in [1.165, 1.54) is 11.4 Å². The first-order valence-electron chi connectivity index (χ1n) is 10.0. The van der Waals surface area contributed by atoms with Crippen LogP contribution in [0.3, 0.4) is 0 Å². The van der Waals surface area contributed by atoms with Crippen LogP contribution in [0.15, 0.2) is 24.3 Å². The molecule has 1 fully saturated rings. The molecule has 1 saturated heterocycles. The molecule has 4 rings (SSSR count). The molecule has 1 atom stereocenters. The van der Waals surface area contributed by atoms with Gasteiger partial charge in [0.05, 0.1) is 22.8 Å². The van der Waals surface area contributed by atoms with Crippen molar-refractivity contribution in [2.24, 2.45) is 5.73 Å². The smallest absolute Gasteiger partial charge is 0.157 e. The Morgan fingerprint density at radius 2 is 2.11 bits per heavy atom. The lowest BCUT2D eigenvalue weighted by Crippen LogP contribution is -2.42. The Bertz CT molecular complexity index is 1060. The van der Waals surface area contributed by atoms with Crippen LogP contribution in [0.2, 0.25) is 0 Å². The summed E-state index contributed by atoms with van der Waals surface area (Å²) < 4.78 is 2.22. The maximum Gasteiger partial charge on any atom is 0.157 e. The van der Waals surface area contributed by atoms with Crippen LogP contribution >= 0.6 is 0 Å². The van der Waals surface area contributed by atoms with Crippen molar-refractivity contribution in [1.82, 2.24) is 14.3 Å². The normalized spacial score (nSPS) is 17.1. The number of nitriles is 1. The molecule has 3 aromatic rings. The number of rotatable bonds is 5. The van der Waals surface area contributed by atoms with Gasteiger partial charge in [-0.05, 0) is 76.5 Å². The summed E-state index contributed by atoms with van der Waals surface area (Å²) in [5.41, 5.74) is 11.5. The third kappa shape index (κ3) is 2.83. The molecule has 0 saturated carbocycles. The number of benzene rings is 1. The van der Waals surface area contributed by atoms with Crippen molar-refractivity contribution in [2.75, 3.05) is 32.1 Å². The Labute approximate surface area is 166 Å². The van der Waals surface area contributed by atoms with Crippen molar-refractivity contribution in [2.45, 2.75) is 38.8 Å². The number of para-hydroxylation sites is 2. The van der Waals surface area contributed by atoms with Crippen LogP contribution in [0, 0.1) is 18.3 Å². The molecule has 0 aliphatic carbocycles. The van der Waals surface area contributed by atoms with Gasteiger partial charge in [0.25, 0.3) is 0 Å². The molecular weight excluding hydrogens is 348 g/mol. The molecule has 0 spiro atoms. The number of nitrogens with zero attached hydrogens (tertiary/aromatic N) is 5. The van der Waals surface area contributed by atoms with Crippen LogP contribution in [0.1, 0.15) is 36.0 Å². The second-order valence-corrected chi connectivity index (χ2v) is 7.85. The predicted molar refractivity (Wildman–Crippen MR) is 114 cm³/mol. The summed E-state index contributed by atoms with van der Waals surface area (Å²) in [4.78, 5) is 9.64. The number of hydrogen-bond donors (Lipinski definition) is 1. The fourth-order valence-corrected chi connectivity index (χ4v) is 4.58. The van der Waals surface area contributed by atoms with Crippen molar-refractivity contribution < 1.29 is 0 Å². The van der Waals surface area contributed by atoms with Gasteiger partial charge < -0.3 is 10.6 Å². The van der Waals surface area contributed by atoms with Crippen LogP contribution < -0.4 is 10.6 Å². The lowest BCUT2D eigenvalue weighted by molar-refractivity contribution is 0.299. The first-order valence-corrected chi connectivity index (χ1v) is 10.0. The van der Waals surface area contributed by atoms with E-state index in [9.17, 15) is 5.26 Å². The summed E-state index contributed by atoms with van der Waals surface area (Å²) in [6, 6.07) is 10.6. The van der Waals surface area contributed by atoms with Crippen molar-refractivity contribution >= 4 is 22.5 Å². The summed E-state index contributed by atoms with van der Waals surface area (Å²) in [5, 5.41) is 9.94. The third-order valence-corrected chi connectivity index (χ3v) is 5.93. The summed E-state index contributed by atoms with van der Waals surface area (Å²) in [5.74, 6) is 1.19. The maximum atomic E-state index is 9.94. The molecule has 0 bridgehead atoms. The van der Waals surface area contributed by atoms with Crippen molar-refractivity contribution in [3.05, 3.63) is 41.0 Å². The largest absolute Gasteiger partial charge is 0.342 e. The zero-order chi connectivity index (χ0) is 19.8. The average Bonchev–Trinajstić information content (AvgIpc) is 3.31. The number of imidazole rings is 1. The van der Waals surface area contributed by atoms with E-state index >= 15 is 0 Å². The number of pyridine rings is 1. The monoisotopic (exact) mass is 376 g/mol. The van der Waals surface area contributed by atoms with Gasteiger partial charge in [0, 0.05) is 6.54 Å². The molecule has 1 unspecified atom stereocenters. The van der Waals surface area contributed by atoms with E-state index in [4.69, 9.17) is 10.7 Å². The summed E-state index contributed by atoms with van der Waals surface area (Å²) >= 11 is 0. The van der Waals surface area contributed by atoms with Gasteiger partial charge in [-0.2, -0.15) is 5.26 Å². The molecule has 6 nitrogen and oxygen atoms in total. The predicted octanol–water partition coefficient (Wildman–Crippen LogP) is 3.05. The molecule has 2 aromatic heterocycles. The second-order valence-electron chi connectivity index (χ2n) is 7.85. The lowest BCUT2D eigenvalue weighted by atomic mass is 9.99. The van der Waals surface area contributed by atoms with Gasteiger partial charge in [0.2, 0.25) is 0 Å². The average molecular weight is 377 g/mol. The van der Waals surface area contributed by atoms with E-state index in [1.54, 1.807) is 0 Å². The van der Waals surface area contributed by atoms with E-state index in [2.05, 4.69) is 47.4 Å². The Hall–Kier alpha value is -2.62. The van der Waals surface area contributed by atoms with Crippen molar-refractivity contribution in [1.29, 1.82) is 5.26 Å². The fraction of sp³-hybridized carbons (Fsp3) is 0.455. The highest BCUT2D eigenvalue weighted by atomic mass is 15.4. The molecule has 6 heteroatoms. The molecule has 3 heterocycles. The molecule has 146 valence electrons. The fourth-order valence-electron chi connectivity index (χ4n) is 4.58. The molecular formula is C22H28N6. The first kappa shape index (κ1) is 18.7. The van der Waals surface area contributed by atoms with Crippen LogP contribution in [0.25, 0.3) is 16.7 Å². The zero-order valence-electron chi connectivity index (χ0n) is 16.9. The molecule has 1 aliphatic heterocycles. The SMILES string of the molecule is Cc1c(CCCN)c(N2CCCC2N(C)C)n2c(nc3ccccc32)c1C#N. The first-order chi connectivity index (χ1) is 13.6. The Morgan fingerprint density at radius 3 is 2.82 bits per heavy atom. The van der Waals surface area contributed by atoms with Crippen LogP contribution in [-0.2, 0) is 6.42 Å². The third-order valence-electron chi connectivity index (χ3n) is 5.93. The van der Waals surface area contributed by atoms with E-state index in [0.717, 1.165) is 54.5 Å². The quantitative estimate of drug-likeness (QED) is 0.741. The number of hydrogen-bond acceptors (Lipinski definition) is 5. The molecule has 0 amide bonds. The van der Waals surface area contributed by atoms with Gasteiger partial charge in [-0.1, -0.05) is 12.1 Å².